The lowest BCUT2D eigenvalue weighted by atomic mass is 10.2. The van der Waals surface area contributed by atoms with Crippen LogP contribution in [0.5, 0.6) is 0 Å². The lowest BCUT2D eigenvalue weighted by molar-refractivity contribution is 0.553. The molecule has 1 rings (SSSR count). The van der Waals surface area contributed by atoms with Crippen molar-refractivity contribution in [3.63, 3.8) is 0 Å². The molecule has 0 fully saturated rings. The van der Waals surface area contributed by atoms with Gasteiger partial charge in [0.2, 0.25) is 0 Å². The number of hydrogen-bond donors (Lipinski definition) is 1. The van der Waals surface area contributed by atoms with E-state index in [1.54, 1.807) is 10.9 Å². The number of unbranched alkanes of at least 4 members (excludes halogenated alkanes) is 2. The van der Waals surface area contributed by atoms with Crippen molar-refractivity contribution >= 4 is 22.5 Å². The molecule has 1 aromatic heterocycles. The highest BCUT2D eigenvalue weighted by Gasteiger charge is 2.09. The van der Waals surface area contributed by atoms with Crippen LogP contribution in [0.15, 0.2) is 17.3 Å². The van der Waals surface area contributed by atoms with Crippen LogP contribution in [-0.2, 0) is 16.4 Å². The molecule has 0 saturated carbocycles. The maximum Gasteiger partial charge on any atom is 0.178 e. The first-order chi connectivity index (χ1) is 7.04. The predicted molar refractivity (Wildman–Crippen MR) is 63.0 cm³/mol. The van der Waals surface area contributed by atoms with Gasteiger partial charge in [-0.1, -0.05) is 6.42 Å². The summed E-state index contributed by atoms with van der Waals surface area (Å²) in [4.78, 5) is 0.289. The Balaban J connectivity index is 2.47. The zero-order chi connectivity index (χ0) is 11.3. The molecule has 1 aromatic rings. The van der Waals surface area contributed by atoms with E-state index in [0.29, 0.717) is 0 Å². The molecule has 0 spiro atoms. The molecule has 0 aliphatic carbocycles. The molecule has 0 aromatic carbocycles. The third-order valence-corrected chi connectivity index (χ3v) is 3.47. The second-order valence-corrected chi connectivity index (χ2v) is 5.96. The Kier molecular flexibility index (Phi) is 4.66. The number of thiol groups is 1. The first kappa shape index (κ1) is 12.6. The van der Waals surface area contributed by atoms with Gasteiger partial charge in [-0.2, -0.15) is 17.7 Å². The van der Waals surface area contributed by atoms with Crippen molar-refractivity contribution in [2.75, 3.05) is 12.0 Å². The van der Waals surface area contributed by atoms with E-state index in [2.05, 4.69) is 17.7 Å². The normalized spacial score (nSPS) is 11.9. The van der Waals surface area contributed by atoms with Crippen molar-refractivity contribution in [2.45, 2.75) is 30.7 Å². The van der Waals surface area contributed by atoms with E-state index in [1.165, 1.54) is 12.5 Å². The zero-order valence-electron chi connectivity index (χ0n) is 8.76. The van der Waals surface area contributed by atoms with Crippen LogP contribution in [0.4, 0.5) is 0 Å². The van der Waals surface area contributed by atoms with Crippen molar-refractivity contribution in [3.8, 4) is 0 Å². The standard InChI is InChI=1S/C9H16N2O2S2/c1-15(12,13)9-7-10-11(8-9)5-3-2-4-6-14/h7-8,14H,2-6H2,1H3. The number of sulfone groups is 1. The summed E-state index contributed by atoms with van der Waals surface area (Å²) in [5.41, 5.74) is 0. The first-order valence-corrected chi connectivity index (χ1v) is 7.40. The van der Waals surface area contributed by atoms with Gasteiger partial charge in [-0.05, 0) is 18.6 Å². The van der Waals surface area contributed by atoms with E-state index in [-0.39, 0.29) is 4.90 Å². The van der Waals surface area contributed by atoms with Gasteiger partial charge in [0.05, 0.1) is 6.20 Å². The molecule has 4 nitrogen and oxygen atoms in total. The van der Waals surface area contributed by atoms with E-state index in [9.17, 15) is 8.42 Å². The maximum absolute atomic E-state index is 11.2. The predicted octanol–water partition coefficient (Wildman–Crippen LogP) is 1.39. The fourth-order valence-corrected chi connectivity index (χ4v) is 2.00. The van der Waals surface area contributed by atoms with Crippen LogP contribution in [0.25, 0.3) is 0 Å². The van der Waals surface area contributed by atoms with Crippen molar-refractivity contribution in [1.82, 2.24) is 9.78 Å². The maximum atomic E-state index is 11.2. The third kappa shape index (κ3) is 4.25. The van der Waals surface area contributed by atoms with E-state index < -0.39 is 9.84 Å². The van der Waals surface area contributed by atoms with Crippen molar-refractivity contribution in [3.05, 3.63) is 12.4 Å². The molecule has 0 unspecified atom stereocenters. The molecule has 6 heteroatoms. The average Bonchev–Trinajstić information content (AvgIpc) is 2.60. The summed E-state index contributed by atoms with van der Waals surface area (Å²) in [6.45, 7) is 0.767. The molecule has 1 heterocycles. The minimum absolute atomic E-state index is 0.289. The number of aromatic nitrogens is 2. The van der Waals surface area contributed by atoms with E-state index in [1.807, 2.05) is 0 Å². The molecular weight excluding hydrogens is 232 g/mol. The van der Waals surface area contributed by atoms with Gasteiger partial charge in [0, 0.05) is 19.0 Å². The molecule has 0 radical (unpaired) electrons. The SMILES string of the molecule is CS(=O)(=O)c1cnn(CCCCCS)c1. The van der Waals surface area contributed by atoms with Gasteiger partial charge in [-0.25, -0.2) is 8.42 Å². The van der Waals surface area contributed by atoms with E-state index >= 15 is 0 Å². The zero-order valence-corrected chi connectivity index (χ0v) is 10.5. The van der Waals surface area contributed by atoms with Gasteiger partial charge in [-0.15, -0.1) is 0 Å². The number of nitrogens with zero attached hydrogens (tertiary/aromatic N) is 2. The van der Waals surface area contributed by atoms with Gasteiger partial charge < -0.3 is 0 Å². The van der Waals surface area contributed by atoms with Gasteiger partial charge in [0.25, 0.3) is 0 Å². The topological polar surface area (TPSA) is 52.0 Å². The van der Waals surface area contributed by atoms with Crippen LogP contribution in [0.3, 0.4) is 0 Å². The van der Waals surface area contributed by atoms with Gasteiger partial charge >= 0.3 is 0 Å². The fraction of sp³-hybridized carbons (Fsp3) is 0.667. The molecule has 0 aliphatic rings. The minimum atomic E-state index is -3.11. The Morgan fingerprint density at radius 2 is 2.13 bits per heavy atom. The second kappa shape index (κ2) is 5.55. The van der Waals surface area contributed by atoms with Crippen molar-refractivity contribution < 1.29 is 8.42 Å². The van der Waals surface area contributed by atoms with Crippen LogP contribution in [0, 0.1) is 0 Å². The highest BCUT2D eigenvalue weighted by molar-refractivity contribution is 7.90. The third-order valence-electron chi connectivity index (χ3n) is 2.08. The molecule has 0 amide bonds. The van der Waals surface area contributed by atoms with Gasteiger partial charge in [-0.3, -0.25) is 4.68 Å². The Morgan fingerprint density at radius 1 is 1.40 bits per heavy atom. The van der Waals surface area contributed by atoms with Gasteiger partial charge in [0.15, 0.2) is 9.84 Å². The molecule has 0 aliphatic heterocycles. The fourth-order valence-electron chi connectivity index (χ4n) is 1.22. The number of hydrogen-bond acceptors (Lipinski definition) is 4. The Hall–Kier alpha value is -0.490. The van der Waals surface area contributed by atoms with Crippen LogP contribution in [-0.4, -0.2) is 30.2 Å². The monoisotopic (exact) mass is 248 g/mol. The largest absolute Gasteiger partial charge is 0.271 e. The highest BCUT2D eigenvalue weighted by atomic mass is 32.2. The van der Waals surface area contributed by atoms with E-state index in [0.717, 1.165) is 31.6 Å². The summed E-state index contributed by atoms with van der Waals surface area (Å²) in [6, 6.07) is 0. The summed E-state index contributed by atoms with van der Waals surface area (Å²) >= 11 is 4.12. The minimum Gasteiger partial charge on any atom is -0.271 e. The molecule has 0 bridgehead atoms. The summed E-state index contributed by atoms with van der Waals surface area (Å²) in [5, 5.41) is 4.00. The molecule has 86 valence electrons. The van der Waals surface area contributed by atoms with Crippen LogP contribution in [0.1, 0.15) is 19.3 Å². The smallest absolute Gasteiger partial charge is 0.178 e. The molecule has 0 N–H and O–H groups in total. The number of aryl methyl sites for hydroxylation is 1. The summed E-state index contributed by atoms with van der Waals surface area (Å²) in [5.74, 6) is 0.897. The lowest BCUT2D eigenvalue weighted by Crippen LogP contribution is -1.99. The molecule has 0 atom stereocenters. The van der Waals surface area contributed by atoms with E-state index in [4.69, 9.17) is 0 Å². The summed E-state index contributed by atoms with van der Waals surface area (Å²) in [6.07, 6.45) is 7.35. The summed E-state index contributed by atoms with van der Waals surface area (Å²) in [7, 11) is -3.11. The summed E-state index contributed by atoms with van der Waals surface area (Å²) < 4.78 is 24.0. The average molecular weight is 248 g/mol. The molecule has 0 saturated heterocycles. The molecule has 15 heavy (non-hydrogen) atoms. The Bertz CT molecular complexity index is 398. The van der Waals surface area contributed by atoms with Gasteiger partial charge in [0.1, 0.15) is 4.90 Å². The molecular formula is C9H16N2O2S2. The lowest BCUT2D eigenvalue weighted by Gasteiger charge is -1.99. The second-order valence-electron chi connectivity index (χ2n) is 3.50. The Labute approximate surface area is 96.0 Å². The van der Waals surface area contributed by atoms with Crippen molar-refractivity contribution in [1.29, 1.82) is 0 Å². The van der Waals surface area contributed by atoms with Crippen LogP contribution >= 0.6 is 12.6 Å². The van der Waals surface area contributed by atoms with Crippen molar-refractivity contribution in [2.24, 2.45) is 0 Å². The quantitative estimate of drug-likeness (QED) is 0.611. The van der Waals surface area contributed by atoms with Crippen LogP contribution < -0.4 is 0 Å². The Morgan fingerprint density at radius 3 is 2.67 bits per heavy atom. The number of rotatable bonds is 6. The first-order valence-electron chi connectivity index (χ1n) is 4.87. The highest BCUT2D eigenvalue weighted by Crippen LogP contribution is 2.07. The van der Waals surface area contributed by atoms with Crippen LogP contribution in [0.2, 0.25) is 0 Å².